The average molecular weight is 260 g/mol. The molecule has 0 aromatic heterocycles. The summed E-state index contributed by atoms with van der Waals surface area (Å²) in [5.74, 6) is -0.973. The summed E-state index contributed by atoms with van der Waals surface area (Å²) in [4.78, 5) is 23.9. The Kier molecular flexibility index (Phi) is 3.66. The molecule has 100 valence electrons. The van der Waals surface area contributed by atoms with Crippen molar-refractivity contribution in [3.8, 4) is 0 Å². The molecule has 1 aliphatic heterocycles. The molecule has 2 N–H and O–H groups in total. The number of likely N-dealkylation sites (N-methyl/N-ethyl adjacent to an activating group) is 1. The smallest absolute Gasteiger partial charge is 0.328 e. The van der Waals surface area contributed by atoms with Gasteiger partial charge in [0, 0.05) is 11.8 Å². The Morgan fingerprint density at radius 3 is 2.84 bits per heavy atom. The minimum absolute atomic E-state index is 0.00497. The average Bonchev–Trinajstić information content (AvgIpc) is 2.67. The highest BCUT2D eigenvalue weighted by Gasteiger charge is 2.20. The summed E-state index contributed by atoms with van der Waals surface area (Å²) in [6, 6.07) is 5.59. The third kappa shape index (κ3) is 3.00. The van der Waals surface area contributed by atoms with Crippen LogP contribution in [-0.2, 0) is 16.0 Å². The van der Waals surface area contributed by atoms with Crippen molar-refractivity contribution in [2.75, 3.05) is 19.4 Å². The highest BCUT2D eigenvalue weighted by Crippen LogP contribution is 2.28. The number of anilines is 1. The molecule has 0 fully saturated rings. The molecule has 1 amide bonds. The van der Waals surface area contributed by atoms with Crippen molar-refractivity contribution in [1.82, 2.24) is 4.90 Å². The van der Waals surface area contributed by atoms with Gasteiger partial charge in [-0.25, -0.2) is 4.79 Å². The SMILES string of the molecule is CN(C)C(/C=C/C(=O)O)c1ccc2c(c1)CC(=O)N2. The highest BCUT2D eigenvalue weighted by molar-refractivity contribution is 5.99. The maximum atomic E-state index is 11.3. The number of nitrogens with one attached hydrogen (secondary N) is 1. The number of rotatable bonds is 4. The van der Waals surface area contributed by atoms with E-state index in [2.05, 4.69) is 5.32 Å². The summed E-state index contributed by atoms with van der Waals surface area (Å²) in [5, 5.41) is 11.5. The number of hydrogen-bond acceptors (Lipinski definition) is 3. The Bertz CT molecular complexity index is 550. The van der Waals surface area contributed by atoms with E-state index in [0.717, 1.165) is 22.9 Å². The number of carbonyl (C=O) groups excluding carboxylic acids is 1. The number of carboxylic acid groups (broad SMARTS) is 1. The first-order valence-electron chi connectivity index (χ1n) is 5.97. The van der Waals surface area contributed by atoms with Crippen LogP contribution in [0, 0.1) is 0 Å². The Balaban J connectivity index is 2.31. The van der Waals surface area contributed by atoms with Crippen LogP contribution in [0.2, 0.25) is 0 Å². The summed E-state index contributed by atoms with van der Waals surface area (Å²) >= 11 is 0. The van der Waals surface area contributed by atoms with E-state index < -0.39 is 5.97 Å². The van der Waals surface area contributed by atoms with Crippen molar-refractivity contribution in [2.45, 2.75) is 12.5 Å². The Morgan fingerprint density at radius 1 is 1.47 bits per heavy atom. The maximum absolute atomic E-state index is 11.3. The Labute approximate surface area is 111 Å². The van der Waals surface area contributed by atoms with Crippen LogP contribution in [0.15, 0.2) is 30.4 Å². The zero-order chi connectivity index (χ0) is 14.0. The van der Waals surface area contributed by atoms with Crippen molar-refractivity contribution >= 4 is 17.6 Å². The zero-order valence-electron chi connectivity index (χ0n) is 10.9. The van der Waals surface area contributed by atoms with E-state index in [1.807, 2.05) is 37.2 Å². The van der Waals surface area contributed by atoms with Crippen molar-refractivity contribution < 1.29 is 14.7 Å². The van der Waals surface area contributed by atoms with E-state index in [1.54, 1.807) is 6.08 Å². The second-order valence-corrected chi connectivity index (χ2v) is 4.75. The number of benzene rings is 1. The number of nitrogens with zero attached hydrogens (tertiary/aromatic N) is 1. The van der Waals surface area contributed by atoms with Gasteiger partial charge in [0.25, 0.3) is 0 Å². The molecule has 19 heavy (non-hydrogen) atoms. The fourth-order valence-corrected chi connectivity index (χ4v) is 2.19. The van der Waals surface area contributed by atoms with Crippen LogP contribution in [0.1, 0.15) is 17.2 Å². The maximum Gasteiger partial charge on any atom is 0.328 e. The number of fused-ring (bicyclic) bond motifs is 1. The quantitative estimate of drug-likeness (QED) is 0.803. The first-order chi connectivity index (χ1) is 8.97. The predicted molar refractivity (Wildman–Crippen MR) is 72.0 cm³/mol. The van der Waals surface area contributed by atoms with E-state index in [1.165, 1.54) is 0 Å². The van der Waals surface area contributed by atoms with E-state index in [9.17, 15) is 9.59 Å². The van der Waals surface area contributed by atoms with E-state index in [0.29, 0.717) is 6.42 Å². The summed E-state index contributed by atoms with van der Waals surface area (Å²) in [6.45, 7) is 0. The van der Waals surface area contributed by atoms with Gasteiger partial charge in [0.1, 0.15) is 0 Å². The van der Waals surface area contributed by atoms with Gasteiger partial charge < -0.3 is 10.4 Å². The first kappa shape index (κ1) is 13.3. The van der Waals surface area contributed by atoms with Gasteiger partial charge in [-0.1, -0.05) is 18.2 Å². The van der Waals surface area contributed by atoms with E-state index >= 15 is 0 Å². The van der Waals surface area contributed by atoms with Gasteiger partial charge in [-0.3, -0.25) is 9.69 Å². The molecular formula is C14H16N2O3. The fourth-order valence-electron chi connectivity index (χ4n) is 2.19. The third-order valence-electron chi connectivity index (χ3n) is 3.07. The molecular weight excluding hydrogens is 244 g/mol. The summed E-state index contributed by atoms with van der Waals surface area (Å²) in [5.41, 5.74) is 2.77. The van der Waals surface area contributed by atoms with Crippen molar-refractivity contribution in [1.29, 1.82) is 0 Å². The second-order valence-electron chi connectivity index (χ2n) is 4.75. The number of hydrogen-bond donors (Lipinski definition) is 2. The lowest BCUT2D eigenvalue weighted by Gasteiger charge is -2.21. The molecule has 5 nitrogen and oxygen atoms in total. The molecule has 1 aromatic rings. The molecule has 5 heteroatoms. The van der Waals surface area contributed by atoms with Crippen LogP contribution >= 0.6 is 0 Å². The minimum atomic E-state index is -0.968. The van der Waals surface area contributed by atoms with Crippen LogP contribution in [0.3, 0.4) is 0 Å². The standard InChI is InChI=1S/C14H16N2O3/c1-16(2)12(5-6-14(18)19)9-3-4-11-10(7-9)8-13(17)15-11/h3-7,12H,8H2,1-2H3,(H,15,17)(H,18,19)/b6-5+. The summed E-state index contributed by atoms with van der Waals surface area (Å²) < 4.78 is 0. The van der Waals surface area contributed by atoms with Crippen molar-refractivity contribution in [3.63, 3.8) is 0 Å². The highest BCUT2D eigenvalue weighted by atomic mass is 16.4. The topological polar surface area (TPSA) is 69.6 Å². The number of amides is 1. The molecule has 0 saturated heterocycles. The lowest BCUT2D eigenvalue weighted by atomic mass is 10.0. The van der Waals surface area contributed by atoms with Crippen molar-refractivity contribution in [3.05, 3.63) is 41.5 Å². The lowest BCUT2D eigenvalue weighted by Crippen LogP contribution is -2.18. The van der Waals surface area contributed by atoms with Gasteiger partial charge in [-0.15, -0.1) is 0 Å². The number of carbonyl (C=O) groups is 2. The Morgan fingerprint density at radius 2 is 2.21 bits per heavy atom. The Hall–Kier alpha value is -2.14. The summed E-state index contributed by atoms with van der Waals surface area (Å²) in [6.07, 6.45) is 3.15. The monoisotopic (exact) mass is 260 g/mol. The number of carboxylic acids is 1. The van der Waals surface area contributed by atoms with E-state index in [-0.39, 0.29) is 11.9 Å². The molecule has 1 unspecified atom stereocenters. The van der Waals surface area contributed by atoms with Gasteiger partial charge in [-0.05, 0) is 31.3 Å². The largest absolute Gasteiger partial charge is 0.478 e. The van der Waals surface area contributed by atoms with Crippen LogP contribution in [0.25, 0.3) is 0 Å². The van der Waals surface area contributed by atoms with Crippen LogP contribution < -0.4 is 5.32 Å². The minimum Gasteiger partial charge on any atom is -0.478 e. The lowest BCUT2D eigenvalue weighted by molar-refractivity contribution is -0.131. The fraction of sp³-hybridized carbons (Fsp3) is 0.286. The number of aliphatic carboxylic acids is 1. The molecule has 0 aliphatic carbocycles. The molecule has 1 heterocycles. The van der Waals surface area contributed by atoms with Gasteiger partial charge in [0.15, 0.2) is 0 Å². The molecule has 1 atom stereocenters. The van der Waals surface area contributed by atoms with Gasteiger partial charge in [-0.2, -0.15) is 0 Å². The zero-order valence-corrected chi connectivity index (χ0v) is 10.9. The first-order valence-corrected chi connectivity index (χ1v) is 5.97. The van der Waals surface area contributed by atoms with Gasteiger partial charge >= 0.3 is 5.97 Å². The molecule has 1 aromatic carbocycles. The molecule has 0 saturated carbocycles. The van der Waals surface area contributed by atoms with Gasteiger partial charge in [0.05, 0.1) is 12.5 Å². The van der Waals surface area contributed by atoms with Crippen LogP contribution in [-0.4, -0.2) is 36.0 Å². The van der Waals surface area contributed by atoms with Crippen LogP contribution in [0.4, 0.5) is 5.69 Å². The second kappa shape index (κ2) is 5.24. The third-order valence-corrected chi connectivity index (χ3v) is 3.07. The van der Waals surface area contributed by atoms with Gasteiger partial charge in [0.2, 0.25) is 5.91 Å². The van der Waals surface area contributed by atoms with E-state index in [4.69, 9.17) is 5.11 Å². The van der Waals surface area contributed by atoms with Crippen molar-refractivity contribution in [2.24, 2.45) is 0 Å². The molecule has 0 radical (unpaired) electrons. The molecule has 0 spiro atoms. The normalized spacial score (nSPS) is 15.6. The molecule has 1 aliphatic rings. The summed E-state index contributed by atoms with van der Waals surface area (Å²) in [7, 11) is 3.76. The van der Waals surface area contributed by atoms with Crippen LogP contribution in [0.5, 0.6) is 0 Å². The predicted octanol–water partition coefficient (Wildman–Crippen LogP) is 1.42. The molecule has 2 rings (SSSR count). The molecule has 0 bridgehead atoms.